The van der Waals surface area contributed by atoms with Gasteiger partial charge < -0.3 is 15.1 Å². The molecule has 1 aliphatic heterocycles. The van der Waals surface area contributed by atoms with E-state index in [0.29, 0.717) is 12.1 Å². The summed E-state index contributed by atoms with van der Waals surface area (Å²) in [6, 6.07) is 3.52. The molecule has 0 radical (unpaired) electrons. The summed E-state index contributed by atoms with van der Waals surface area (Å²) in [6.45, 7) is 4.44. The van der Waals surface area contributed by atoms with Crippen molar-refractivity contribution in [1.82, 2.24) is 15.5 Å². The second-order valence-corrected chi connectivity index (χ2v) is 6.91. The van der Waals surface area contributed by atoms with Crippen molar-refractivity contribution in [3.8, 4) is 11.5 Å². The number of benzene rings is 1. The first-order chi connectivity index (χ1) is 12.3. The molecular formula is C17H22ClF3N4O2. The van der Waals surface area contributed by atoms with Crippen molar-refractivity contribution in [3.63, 3.8) is 0 Å². The maximum absolute atomic E-state index is 13.3. The minimum atomic E-state index is -4.48. The van der Waals surface area contributed by atoms with E-state index >= 15 is 0 Å². The number of nitrogens with zero attached hydrogens (tertiary/aromatic N) is 1. The molecule has 3 rings (SSSR count). The minimum Gasteiger partial charge on any atom is -0.388 e. The van der Waals surface area contributed by atoms with Crippen molar-refractivity contribution in [2.24, 2.45) is 5.41 Å². The highest BCUT2D eigenvalue weighted by Gasteiger charge is 2.34. The molecule has 1 aromatic heterocycles. The molecule has 0 unspecified atom stereocenters. The molecule has 2 aromatic rings. The third-order valence-corrected chi connectivity index (χ3v) is 4.86. The Morgan fingerprint density at radius 3 is 2.59 bits per heavy atom. The standard InChI is InChI=1S/C17H21F3N4O2.ClH/c1-16(4-7-21-8-5-16)6-9-22-13-10-11(14-23-24-15(25)26-14)2-3-12(13)17(18,19)20;/h2-3,10,21-22H,4-9H2,1H3,(H,24,25);1H. The maximum atomic E-state index is 13.3. The second-order valence-electron chi connectivity index (χ2n) is 6.91. The van der Waals surface area contributed by atoms with Crippen LogP contribution in [0.2, 0.25) is 0 Å². The zero-order valence-electron chi connectivity index (χ0n) is 14.8. The van der Waals surface area contributed by atoms with Crippen LogP contribution in [0.1, 0.15) is 31.7 Å². The molecule has 0 saturated carbocycles. The predicted molar refractivity (Wildman–Crippen MR) is 98.1 cm³/mol. The fraction of sp³-hybridized carbons (Fsp3) is 0.529. The minimum absolute atomic E-state index is 0. The van der Waals surface area contributed by atoms with Crippen LogP contribution in [-0.2, 0) is 6.18 Å². The Hall–Kier alpha value is -2.00. The lowest BCUT2D eigenvalue weighted by molar-refractivity contribution is -0.136. The van der Waals surface area contributed by atoms with Gasteiger partial charge in [0.2, 0.25) is 5.89 Å². The van der Waals surface area contributed by atoms with E-state index in [9.17, 15) is 18.0 Å². The number of hydrogen-bond acceptors (Lipinski definition) is 5. The number of piperidine rings is 1. The largest absolute Gasteiger partial charge is 0.434 e. The Balaban J connectivity index is 0.00000261. The summed E-state index contributed by atoms with van der Waals surface area (Å²) in [5.41, 5.74) is -0.386. The summed E-state index contributed by atoms with van der Waals surface area (Å²) >= 11 is 0. The van der Waals surface area contributed by atoms with Gasteiger partial charge in [0.25, 0.3) is 0 Å². The fourth-order valence-corrected chi connectivity index (χ4v) is 3.20. The highest BCUT2D eigenvalue weighted by atomic mass is 35.5. The van der Waals surface area contributed by atoms with Crippen molar-refractivity contribution >= 4 is 18.1 Å². The van der Waals surface area contributed by atoms with Crippen LogP contribution < -0.4 is 16.4 Å². The molecule has 1 fully saturated rings. The van der Waals surface area contributed by atoms with Crippen LogP contribution in [-0.4, -0.2) is 29.8 Å². The van der Waals surface area contributed by atoms with Crippen molar-refractivity contribution < 1.29 is 17.6 Å². The summed E-state index contributed by atoms with van der Waals surface area (Å²) in [5, 5.41) is 12.0. The first kappa shape index (κ1) is 21.3. The van der Waals surface area contributed by atoms with Gasteiger partial charge in [-0.3, -0.25) is 0 Å². The number of aromatic nitrogens is 2. The average Bonchev–Trinajstić information content (AvgIpc) is 3.01. The third kappa shape index (κ3) is 5.26. The first-order valence-electron chi connectivity index (χ1n) is 8.49. The van der Waals surface area contributed by atoms with Gasteiger partial charge in [-0.2, -0.15) is 13.2 Å². The van der Waals surface area contributed by atoms with Crippen LogP contribution in [0.25, 0.3) is 11.5 Å². The molecule has 150 valence electrons. The molecule has 0 amide bonds. The summed E-state index contributed by atoms with van der Waals surface area (Å²) in [6.07, 6.45) is -1.71. The lowest BCUT2D eigenvalue weighted by Gasteiger charge is -2.34. The number of rotatable bonds is 5. The topological polar surface area (TPSA) is 83.0 Å². The number of H-pyrrole nitrogens is 1. The van der Waals surface area contributed by atoms with Gasteiger partial charge >= 0.3 is 11.9 Å². The lowest BCUT2D eigenvalue weighted by Crippen LogP contribution is -2.35. The fourth-order valence-electron chi connectivity index (χ4n) is 3.20. The van der Waals surface area contributed by atoms with Gasteiger partial charge in [-0.25, -0.2) is 9.89 Å². The third-order valence-electron chi connectivity index (χ3n) is 4.86. The van der Waals surface area contributed by atoms with Crippen LogP contribution >= 0.6 is 12.4 Å². The lowest BCUT2D eigenvalue weighted by atomic mass is 9.78. The number of halogens is 4. The Morgan fingerprint density at radius 2 is 2.00 bits per heavy atom. The molecule has 6 nitrogen and oxygen atoms in total. The van der Waals surface area contributed by atoms with E-state index in [1.54, 1.807) is 0 Å². The van der Waals surface area contributed by atoms with Gasteiger partial charge in [-0.15, -0.1) is 17.5 Å². The van der Waals surface area contributed by atoms with Gasteiger partial charge in [-0.1, -0.05) is 6.92 Å². The number of nitrogens with one attached hydrogen (secondary N) is 3. The number of anilines is 1. The molecule has 1 saturated heterocycles. The van der Waals surface area contributed by atoms with Crippen molar-refractivity contribution in [2.75, 3.05) is 25.0 Å². The molecule has 3 N–H and O–H groups in total. The van der Waals surface area contributed by atoms with Crippen LogP contribution in [0.4, 0.5) is 18.9 Å². The van der Waals surface area contributed by atoms with E-state index in [-0.39, 0.29) is 29.4 Å². The summed E-state index contributed by atoms with van der Waals surface area (Å²) in [5.74, 6) is -0.801. The van der Waals surface area contributed by atoms with Crippen molar-refractivity contribution in [2.45, 2.75) is 32.4 Å². The summed E-state index contributed by atoms with van der Waals surface area (Å²) in [7, 11) is 0. The first-order valence-corrected chi connectivity index (χ1v) is 8.49. The van der Waals surface area contributed by atoms with Gasteiger partial charge in [0, 0.05) is 17.8 Å². The normalized spacial score (nSPS) is 16.6. The van der Waals surface area contributed by atoms with Crippen molar-refractivity contribution in [3.05, 3.63) is 34.3 Å². The van der Waals surface area contributed by atoms with E-state index in [0.717, 1.165) is 38.4 Å². The number of aromatic amines is 1. The van der Waals surface area contributed by atoms with Gasteiger partial charge in [-0.05, 0) is 56.0 Å². The molecular weight excluding hydrogens is 385 g/mol. The molecule has 1 aliphatic rings. The Bertz CT molecular complexity index is 813. The molecule has 27 heavy (non-hydrogen) atoms. The zero-order valence-corrected chi connectivity index (χ0v) is 15.6. The Kier molecular flexibility index (Phi) is 6.59. The number of hydrogen-bond donors (Lipinski definition) is 3. The highest BCUT2D eigenvalue weighted by molar-refractivity contribution is 5.85. The van der Waals surface area contributed by atoms with Crippen LogP contribution in [0.3, 0.4) is 0 Å². The summed E-state index contributed by atoms with van der Waals surface area (Å²) in [4.78, 5) is 11.1. The smallest absolute Gasteiger partial charge is 0.388 e. The van der Waals surface area contributed by atoms with Crippen molar-refractivity contribution in [1.29, 1.82) is 0 Å². The van der Waals surface area contributed by atoms with Crippen LogP contribution in [0.5, 0.6) is 0 Å². The SMILES string of the molecule is CC1(CCNc2cc(-c3n[nH]c(=O)o3)ccc2C(F)(F)F)CCNCC1.Cl. The van der Waals surface area contributed by atoms with E-state index in [1.807, 2.05) is 0 Å². The monoisotopic (exact) mass is 406 g/mol. The van der Waals surface area contributed by atoms with Crippen LogP contribution in [0.15, 0.2) is 27.4 Å². The molecule has 0 atom stereocenters. The average molecular weight is 407 g/mol. The molecule has 0 aliphatic carbocycles. The van der Waals surface area contributed by atoms with Gasteiger partial charge in [0.05, 0.1) is 5.56 Å². The van der Waals surface area contributed by atoms with Crippen LogP contribution in [0, 0.1) is 5.41 Å². The maximum Gasteiger partial charge on any atom is 0.434 e. The quantitative estimate of drug-likeness (QED) is 0.705. The second kappa shape index (κ2) is 8.35. The zero-order chi connectivity index (χ0) is 18.8. The molecule has 0 spiro atoms. The summed E-state index contributed by atoms with van der Waals surface area (Å²) < 4.78 is 44.7. The molecule has 2 heterocycles. The Labute approximate surface area is 160 Å². The van der Waals surface area contributed by atoms with Gasteiger partial charge in [0.15, 0.2) is 0 Å². The van der Waals surface area contributed by atoms with E-state index < -0.39 is 17.5 Å². The van der Waals surface area contributed by atoms with E-state index in [1.165, 1.54) is 12.1 Å². The predicted octanol–water partition coefficient (Wildman–Crippen LogP) is 3.66. The molecule has 10 heteroatoms. The molecule has 0 bridgehead atoms. The Morgan fingerprint density at radius 1 is 1.30 bits per heavy atom. The highest BCUT2D eigenvalue weighted by Crippen LogP contribution is 2.37. The van der Waals surface area contributed by atoms with E-state index in [2.05, 4.69) is 27.8 Å². The van der Waals surface area contributed by atoms with Gasteiger partial charge in [0.1, 0.15) is 0 Å². The molecule has 1 aromatic carbocycles. The number of alkyl halides is 3. The van der Waals surface area contributed by atoms with E-state index in [4.69, 9.17) is 4.42 Å².